The van der Waals surface area contributed by atoms with E-state index < -0.39 is 5.97 Å². The number of thiophene rings is 1. The van der Waals surface area contributed by atoms with Gasteiger partial charge in [-0.3, -0.25) is 9.59 Å². The van der Waals surface area contributed by atoms with E-state index in [1.165, 1.54) is 32.7 Å². The predicted molar refractivity (Wildman–Crippen MR) is 90.5 cm³/mol. The number of ether oxygens (including phenoxy) is 3. The second-order valence-corrected chi connectivity index (χ2v) is 6.36. The van der Waals surface area contributed by atoms with Gasteiger partial charge in [0.15, 0.2) is 17.3 Å². The minimum atomic E-state index is -0.432. The lowest BCUT2D eigenvalue weighted by atomic mass is 10.1. The molecule has 2 rings (SSSR count). The Morgan fingerprint density at radius 3 is 2.22 bits per heavy atom. The average molecular weight is 377 g/mol. The molecule has 5 nitrogen and oxygen atoms in total. The Hall–Kier alpha value is -1.50. The molecule has 0 radical (unpaired) electrons. The van der Waals surface area contributed by atoms with Gasteiger partial charge >= 0.3 is 5.97 Å². The summed E-state index contributed by atoms with van der Waals surface area (Å²) < 4.78 is 15.6. The SMILES string of the molecule is COC(=O)CCC(=O)c1cc2c(Cl)c(OC)c(OC)c(Cl)c2s1. The molecule has 1 aromatic heterocycles. The molecular weight excluding hydrogens is 363 g/mol. The van der Waals surface area contributed by atoms with Crippen LogP contribution in [0.2, 0.25) is 10.0 Å². The first-order chi connectivity index (χ1) is 10.9. The minimum Gasteiger partial charge on any atom is -0.491 e. The van der Waals surface area contributed by atoms with Crippen LogP contribution >= 0.6 is 34.5 Å². The van der Waals surface area contributed by atoms with Crippen molar-refractivity contribution in [3.05, 3.63) is 21.0 Å². The number of ketones is 1. The molecule has 0 aliphatic carbocycles. The first-order valence-electron chi connectivity index (χ1n) is 6.57. The molecule has 0 aliphatic heterocycles. The summed E-state index contributed by atoms with van der Waals surface area (Å²) in [7, 11) is 4.20. The Kier molecular flexibility index (Phi) is 5.73. The van der Waals surface area contributed by atoms with Crippen LogP contribution in [-0.2, 0) is 9.53 Å². The normalized spacial score (nSPS) is 10.7. The molecule has 8 heteroatoms. The molecular formula is C15H14Cl2O5S. The van der Waals surface area contributed by atoms with E-state index in [1.54, 1.807) is 6.07 Å². The van der Waals surface area contributed by atoms with Gasteiger partial charge in [-0.2, -0.15) is 0 Å². The number of halogens is 2. The van der Waals surface area contributed by atoms with Gasteiger partial charge in [0.25, 0.3) is 0 Å². The molecule has 0 saturated carbocycles. The average Bonchev–Trinajstić information content (AvgIpc) is 3.01. The third-order valence-corrected chi connectivity index (χ3v) is 5.28. The number of hydrogen-bond acceptors (Lipinski definition) is 6. The summed E-state index contributed by atoms with van der Waals surface area (Å²) in [6.45, 7) is 0. The molecule has 0 saturated heterocycles. The van der Waals surface area contributed by atoms with Crippen molar-refractivity contribution >= 4 is 56.4 Å². The first-order valence-corrected chi connectivity index (χ1v) is 8.14. The maximum absolute atomic E-state index is 12.2. The van der Waals surface area contributed by atoms with Gasteiger partial charge in [-0.15, -0.1) is 11.3 Å². The number of carbonyl (C=O) groups excluding carboxylic acids is 2. The molecule has 0 atom stereocenters. The van der Waals surface area contributed by atoms with Crippen LogP contribution in [0, 0.1) is 0 Å². The van der Waals surface area contributed by atoms with E-state index in [0.29, 0.717) is 36.5 Å². The van der Waals surface area contributed by atoms with E-state index in [1.807, 2.05) is 0 Å². The summed E-state index contributed by atoms with van der Waals surface area (Å²) in [6, 6.07) is 1.65. The van der Waals surface area contributed by atoms with Crippen molar-refractivity contribution in [3.63, 3.8) is 0 Å². The van der Waals surface area contributed by atoms with Crippen LogP contribution in [0.25, 0.3) is 10.1 Å². The second-order valence-electron chi connectivity index (χ2n) is 4.55. The van der Waals surface area contributed by atoms with E-state index in [9.17, 15) is 9.59 Å². The highest BCUT2D eigenvalue weighted by Gasteiger charge is 2.23. The summed E-state index contributed by atoms with van der Waals surface area (Å²) in [6.07, 6.45) is 0.0840. The lowest BCUT2D eigenvalue weighted by molar-refractivity contribution is -0.140. The smallest absolute Gasteiger partial charge is 0.305 e. The van der Waals surface area contributed by atoms with Crippen molar-refractivity contribution in [2.45, 2.75) is 12.8 Å². The van der Waals surface area contributed by atoms with Crippen LogP contribution in [0.1, 0.15) is 22.5 Å². The Bertz CT molecular complexity index is 722. The fraction of sp³-hybridized carbons (Fsp3) is 0.333. The van der Waals surface area contributed by atoms with E-state index in [2.05, 4.69) is 4.74 Å². The summed E-state index contributed by atoms with van der Waals surface area (Å²) in [5, 5.41) is 1.27. The topological polar surface area (TPSA) is 61.8 Å². The fourth-order valence-corrected chi connectivity index (χ4v) is 3.90. The van der Waals surface area contributed by atoms with Gasteiger partial charge in [0, 0.05) is 11.8 Å². The summed E-state index contributed by atoms with van der Waals surface area (Å²) in [4.78, 5) is 23.8. The zero-order valence-corrected chi connectivity index (χ0v) is 15.0. The zero-order valence-electron chi connectivity index (χ0n) is 12.7. The number of Topliss-reactive ketones (excluding diaryl/α,β-unsaturated/α-hetero) is 1. The molecule has 124 valence electrons. The van der Waals surface area contributed by atoms with Crippen LogP contribution in [0.4, 0.5) is 0 Å². The molecule has 0 unspecified atom stereocenters. The summed E-state index contributed by atoms with van der Waals surface area (Å²) in [5.41, 5.74) is 0. The molecule has 0 spiro atoms. The fourth-order valence-electron chi connectivity index (χ4n) is 2.08. The van der Waals surface area contributed by atoms with Crippen LogP contribution < -0.4 is 9.47 Å². The van der Waals surface area contributed by atoms with Gasteiger partial charge in [0.2, 0.25) is 0 Å². The van der Waals surface area contributed by atoms with Gasteiger partial charge in [-0.1, -0.05) is 23.2 Å². The van der Waals surface area contributed by atoms with Gasteiger partial charge < -0.3 is 14.2 Å². The Labute approximate surface area is 147 Å². The van der Waals surface area contributed by atoms with E-state index in [-0.39, 0.29) is 18.6 Å². The Morgan fingerprint density at radius 1 is 1.04 bits per heavy atom. The van der Waals surface area contributed by atoms with Crippen LogP contribution in [0.3, 0.4) is 0 Å². The van der Waals surface area contributed by atoms with Crippen molar-refractivity contribution < 1.29 is 23.8 Å². The quantitative estimate of drug-likeness (QED) is 0.553. The number of carbonyl (C=O) groups is 2. The zero-order chi connectivity index (χ0) is 17.1. The number of fused-ring (bicyclic) bond motifs is 1. The van der Waals surface area contributed by atoms with Gasteiger partial charge in [-0.05, 0) is 6.07 Å². The maximum atomic E-state index is 12.2. The Balaban J connectivity index is 2.46. The van der Waals surface area contributed by atoms with Crippen LogP contribution in [-0.4, -0.2) is 33.1 Å². The number of rotatable bonds is 6. The van der Waals surface area contributed by atoms with E-state index >= 15 is 0 Å². The first kappa shape index (κ1) is 17.8. The molecule has 0 fully saturated rings. The largest absolute Gasteiger partial charge is 0.491 e. The standard InChI is InChI=1S/C15H14Cl2O5S/c1-20-10(19)5-4-8(18)9-6-7-11(16)13(21-2)14(22-3)12(17)15(7)23-9/h6H,4-5H2,1-3H3. The molecule has 0 aliphatic rings. The van der Waals surface area contributed by atoms with Gasteiger partial charge in [0.1, 0.15) is 5.02 Å². The molecule has 0 bridgehead atoms. The van der Waals surface area contributed by atoms with Gasteiger partial charge in [-0.25, -0.2) is 0 Å². The van der Waals surface area contributed by atoms with Crippen LogP contribution in [0.5, 0.6) is 11.5 Å². The number of methoxy groups -OCH3 is 3. The summed E-state index contributed by atoms with van der Waals surface area (Å²) >= 11 is 13.9. The van der Waals surface area contributed by atoms with E-state index in [0.717, 1.165) is 0 Å². The number of esters is 1. The maximum Gasteiger partial charge on any atom is 0.305 e. The molecule has 0 amide bonds. The Morgan fingerprint density at radius 2 is 1.65 bits per heavy atom. The number of benzene rings is 1. The van der Waals surface area contributed by atoms with Crippen molar-refractivity contribution in [1.82, 2.24) is 0 Å². The molecule has 1 heterocycles. The second kappa shape index (κ2) is 7.38. The highest BCUT2D eigenvalue weighted by atomic mass is 35.5. The third kappa shape index (κ3) is 3.39. The van der Waals surface area contributed by atoms with Crippen molar-refractivity contribution in [2.75, 3.05) is 21.3 Å². The van der Waals surface area contributed by atoms with E-state index in [4.69, 9.17) is 32.7 Å². The highest BCUT2D eigenvalue weighted by molar-refractivity contribution is 7.21. The number of hydrogen-bond donors (Lipinski definition) is 0. The third-order valence-electron chi connectivity index (χ3n) is 3.24. The summed E-state index contributed by atoms with van der Waals surface area (Å²) in [5.74, 6) is 0.0284. The van der Waals surface area contributed by atoms with Gasteiger partial charge in [0.05, 0.1) is 42.3 Å². The minimum absolute atomic E-state index is 0.0255. The molecule has 0 N–H and O–H groups in total. The van der Waals surface area contributed by atoms with Crippen LogP contribution in [0.15, 0.2) is 6.07 Å². The lowest BCUT2D eigenvalue weighted by Crippen LogP contribution is -2.04. The van der Waals surface area contributed by atoms with Crippen molar-refractivity contribution in [2.24, 2.45) is 0 Å². The predicted octanol–water partition coefficient (Wildman–Crippen LogP) is 4.36. The van der Waals surface area contributed by atoms with Crippen molar-refractivity contribution in [3.8, 4) is 11.5 Å². The molecule has 2 aromatic rings. The molecule has 23 heavy (non-hydrogen) atoms. The van der Waals surface area contributed by atoms with Crippen molar-refractivity contribution in [1.29, 1.82) is 0 Å². The molecule has 1 aromatic carbocycles. The highest BCUT2D eigenvalue weighted by Crippen LogP contribution is 2.49. The lowest BCUT2D eigenvalue weighted by Gasteiger charge is -2.11. The monoisotopic (exact) mass is 376 g/mol.